The molecule has 0 aliphatic carbocycles. The van der Waals surface area contributed by atoms with E-state index in [1.807, 2.05) is 60.7 Å². The third-order valence-electron chi connectivity index (χ3n) is 5.08. The zero-order valence-corrected chi connectivity index (χ0v) is 19.7. The summed E-state index contributed by atoms with van der Waals surface area (Å²) in [6.07, 6.45) is 1.39. The van der Waals surface area contributed by atoms with Crippen LogP contribution < -0.4 is 19.3 Å². The van der Waals surface area contributed by atoms with Gasteiger partial charge in [-0.2, -0.15) is 0 Å². The number of benzene rings is 3. The van der Waals surface area contributed by atoms with Gasteiger partial charge in [0.2, 0.25) is 10.0 Å². The van der Waals surface area contributed by atoms with Gasteiger partial charge in [0.15, 0.2) is 0 Å². The van der Waals surface area contributed by atoms with Crippen molar-refractivity contribution < 1.29 is 22.6 Å². The molecule has 32 heavy (non-hydrogen) atoms. The molecule has 1 aliphatic rings. The van der Waals surface area contributed by atoms with Crippen molar-refractivity contribution in [3.8, 4) is 28.4 Å². The van der Waals surface area contributed by atoms with Gasteiger partial charge in [-0.15, -0.1) is 0 Å². The number of methoxy groups -OCH3 is 1. The van der Waals surface area contributed by atoms with E-state index in [2.05, 4.69) is 15.9 Å². The van der Waals surface area contributed by atoms with Crippen molar-refractivity contribution in [1.29, 1.82) is 0 Å². The van der Waals surface area contributed by atoms with Crippen molar-refractivity contribution in [2.75, 3.05) is 13.7 Å². The monoisotopic (exact) mass is 515 g/mol. The van der Waals surface area contributed by atoms with Gasteiger partial charge in [-0.05, 0) is 46.5 Å². The summed E-state index contributed by atoms with van der Waals surface area (Å²) in [5, 5.41) is 5.28. The zero-order valence-electron chi connectivity index (χ0n) is 17.3. The maximum absolute atomic E-state index is 11.7. The van der Waals surface area contributed by atoms with E-state index in [1.165, 1.54) is 0 Å². The highest BCUT2D eigenvalue weighted by Gasteiger charge is 2.30. The van der Waals surface area contributed by atoms with Crippen LogP contribution in [0.4, 0.5) is 0 Å². The van der Waals surface area contributed by atoms with Crippen molar-refractivity contribution >= 4 is 26.0 Å². The molecule has 2 N–H and O–H groups in total. The Hall–Kier alpha value is -2.81. The lowest BCUT2D eigenvalue weighted by molar-refractivity contribution is 0.241. The molecule has 0 spiro atoms. The Labute approximate surface area is 195 Å². The maximum Gasteiger partial charge on any atom is 0.213 e. The summed E-state index contributed by atoms with van der Waals surface area (Å²) < 4.78 is 41.1. The van der Waals surface area contributed by atoms with E-state index in [-0.39, 0.29) is 5.75 Å². The van der Waals surface area contributed by atoms with Gasteiger partial charge in [0, 0.05) is 11.1 Å². The summed E-state index contributed by atoms with van der Waals surface area (Å²) in [7, 11) is -2.06. The van der Waals surface area contributed by atoms with E-state index in [1.54, 1.807) is 18.2 Å². The summed E-state index contributed by atoms with van der Waals surface area (Å²) in [5.74, 6) is 1.82. The van der Waals surface area contributed by atoms with Gasteiger partial charge in [0.05, 0.1) is 18.4 Å². The molecule has 0 radical (unpaired) electrons. The Morgan fingerprint density at radius 2 is 1.94 bits per heavy atom. The van der Waals surface area contributed by atoms with E-state index in [0.29, 0.717) is 29.4 Å². The smallest absolute Gasteiger partial charge is 0.213 e. The second-order valence-corrected chi connectivity index (χ2v) is 9.45. The number of ether oxygens (including phenoxy) is 3. The van der Waals surface area contributed by atoms with E-state index in [4.69, 9.17) is 19.3 Å². The standard InChI is InChI=1S/C24H22BrNO5S/c1-29-21-7-3-8-22-23(21)19-10-9-16(15-32(26,27)28)13-20(19)24(31-22)17-5-2-6-18(14-17)30-12-4-11-25/h2-11,13-14,24H,12,15H2,1H3,(H2,26,27,28)/b11-4+. The highest BCUT2D eigenvalue weighted by Crippen LogP contribution is 2.49. The minimum atomic E-state index is -3.67. The average molecular weight is 516 g/mol. The topological polar surface area (TPSA) is 87.9 Å². The van der Waals surface area contributed by atoms with Crippen LogP contribution in [0.15, 0.2) is 71.7 Å². The molecule has 8 heteroatoms. The molecular formula is C24H22BrNO5S. The lowest BCUT2D eigenvalue weighted by Crippen LogP contribution is -2.18. The molecule has 166 valence electrons. The quantitative estimate of drug-likeness (QED) is 0.482. The Bertz CT molecular complexity index is 1270. The largest absolute Gasteiger partial charge is 0.496 e. The molecule has 0 saturated heterocycles. The molecule has 0 aromatic heterocycles. The summed E-state index contributed by atoms with van der Waals surface area (Å²) >= 11 is 3.23. The number of fused-ring (bicyclic) bond motifs is 3. The minimum Gasteiger partial charge on any atom is -0.496 e. The number of hydrogen-bond acceptors (Lipinski definition) is 5. The van der Waals surface area contributed by atoms with Crippen molar-refractivity contribution in [2.45, 2.75) is 11.9 Å². The SMILES string of the molecule is COc1cccc2c1-c1ccc(CS(N)(=O)=O)cc1C(c1cccc(OC/C=C/Br)c1)O2. The highest BCUT2D eigenvalue weighted by molar-refractivity contribution is 9.11. The number of nitrogens with two attached hydrogens (primary N) is 1. The third kappa shape index (κ3) is 4.82. The van der Waals surface area contributed by atoms with Gasteiger partial charge in [-0.25, -0.2) is 13.6 Å². The first-order valence-corrected chi connectivity index (χ1v) is 12.5. The molecule has 1 heterocycles. The molecule has 4 rings (SSSR count). The Kier molecular flexibility index (Phi) is 6.55. The number of primary sulfonamides is 1. The van der Waals surface area contributed by atoms with Crippen LogP contribution in [0, 0.1) is 0 Å². The molecule has 3 aromatic carbocycles. The predicted octanol–water partition coefficient (Wildman–Crippen LogP) is 4.92. The van der Waals surface area contributed by atoms with Crippen LogP contribution in [-0.4, -0.2) is 22.1 Å². The summed E-state index contributed by atoms with van der Waals surface area (Å²) in [5.41, 5.74) is 4.06. The second kappa shape index (κ2) is 9.36. The molecule has 0 amide bonds. The third-order valence-corrected chi connectivity index (χ3v) is 6.19. The fourth-order valence-electron chi connectivity index (χ4n) is 3.81. The van der Waals surface area contributed by atoms with Crippen LogP contribution in [0.1, 0.15) is 22.8 Å². The Morgan fingerprint density at radius 3 is 2.69 bits per heavy atom. The van der Waals surface area contributed by atoms with Crippen molar-refractivity contribution in [1.82, 2.24) is 0 Å². The summed E-state index contributed by atoms with van der Waals surface area (Å²) in [6.45, 7) is 0.426. The van der Waals surface area contributed by atoms with Gasteiger partial charge in [0.1, 0.15) is 30.0 Å². The average Bonchev–Trinajstić information content (AvgIpc) is 2.77. The molecule has 1 atom stereocenters. The molecule has 0 saturated carbocycles. The molecule has 0 bridgehead atoms. The molecule has 0 fully saturated rings. The first-order valence-electron chi connectivity index (χ1n) is 9.85. The molecule has 3 aromatic rings. The normalized spacial score (nSPS) is 15.0. The van der Waals surface area contributed by atoms with Gasteiger partial charge in [0.25, 0.3) is 0 Å². The minimum absolute atomic E-state index is 0.256. The van der Waals surface area contributed by atoms with Crippen LogP contribution >= 0.6 is 15.9 Å². The van der Waals surface area contributed by atoms with Crippen molar-refractivity contribution in [3.05, 3.63) is 88.4 Å². The van der Waals surface area contributed by atoms with Crippen LogP contribution in [-0.2, 0) is 15.8 Å². The van der Waals surface area contributed by atoms with Gasteiger partial charge in [-0.1, -0.05) is 52.3 Å². The fourth-order valence-corrected chi connectivity index (χ4v) is 4.61. The van der Waals surface area contributed by atoms with Crippen LogP contribution in [0.3, 0.4) is 0 Å². The number of halogens is 1. The van der Waals surface area contributed by atoms with E-state index >= 15 is 0 Å². The molecule has 1 aliphatic heterocycles. The van der Waals surface area contributed by atoms with E-state index in [0.717, 1.165) is 22.3 Å². The number of sulfonamides is 1. The maximum atomic E-state index is 11.7. The van der Waals surface area contributed by atoms with Crippen LogP contribution in [0.5, 0.6) is 17.2 Å². The molecule has 6 nitrogen and oxygen atoms in total. The first-order chi connectivity index (χ1) is 15.4. The Morgan fingerprint density at radius 1 is 1.12 bits per heavy atom. The fraction of sp³-hybridized carbons (Fsp3) is 0.167. The van der Waals surface area contributed by atoms with Crippen LogP contribution in [0.2, 0.25) is 0 Å². The second-order valence-electron chi connectivity index (χ2n) is 7.31. The van der Waals surface area contributed by atoms with Crippen molar-refractivity contribution in [3.63, 3.8) is 0 Å². The van der Waals surface area contributed by atoms with E-state index < -0.39 is 16.1 Å². The molecule has 1 unspecified atom stereocenters. The lowest BCUT2D eigenvalue weighted by Gasteiger charge is -2.30. The summed E-state index contributed by atoms with van der Waals surface area (Å²) in [4.78, 5) is 1.74. The highest BCUT2D eigenvalue weighted by atomic mass is 79.9. The summed E-state index contributed by atoms with van der Waals surface area (Å²) in [6, 6.07) is 18.8. The van der Waals surface area contributed by atoms with Crippen molar-refractivity contribution in [2.24, 2.45) is 5.14 Å². The van der Waals surface area contributed by atoms with Gasteiger partial charge < -0.3 is 14.2 Å². The van der Waals surface area contributed by atoms with Crippen LogP contribution in [0.25, 0.3) is 11.1 Å². The molecular weight excluding hydrogens is 494 g/mol. The lowest BCUT2D eigenvalue weighted by atomic mass is 9.88. The predicted molar refractivity (Wildman–Crippen MR) is 128 cm³/mol. The van der Waals surface area contributed by atoms with Gasteiger partial charge in [-0.3, -0.25) is 0 Å². The van der Waals surface area contributed by atoms with E-state index in [9.17, 15) is 8.42 Å². The van der Waals surface area contributed by atoms with Gasteiger partial charge >= 0.3 is 0 Å². The number of rotatable bonds is 7. The first kappa shape index (κ1) is 22.4. The number of hydrogen-bond donors (Lipinski definition) is 1. The Balaban J connectivity index is 1.83. The zero-order chi connectivity index (χ0) is 22.7.